The van der Waals surface area contributed by atoms with Crippen LogP contribution in [-0.4, -0.2) is 56.3 Å². The molecule has 8 heteroatoms. The number of benzene rings is 2. The lowest BCUT2D eigenvalue weighted by atomic mass is 10.1. The van der Waals surface area contributed by atoms with E-state index in [0.29, 0.717) is 6.54 Å². The molecular weight excluding hydrogens is 418 g/mol. The number of piperazine rings is 1. The van der Waals surface area contributed by atoms with E-state index in [1.165, 1.54) is 23.1 Å². The predicted molar refractivity (Wildman–Crippen MR) is 129 cm³/mol. The number of aromatic nitrogens is 5. The molecule has 0 saturated carbocycles. The molecule has 1 atom stereocenters. The average Bonchev–Trinajstić information content (AvgIpc) is 3.48. The van der Waals surface area contributed by atoms with Crippen molar-refractivity contribution in [1.29, 1.82) is 0 Å². The quantitative estimate of drug-likeness (QED) is 0.399. The standard InChI is InChI=1S/C24H29N7S/c1-2-3-12-21(23-26-27-28-31(23)18-19-9-5-4-6-10-19)29-14-16-30(17-15-29)24-25-20-11-7-8-13-22(20)32-24/h4-11,13,21H,2-3,12,14-18H2,1H3. The van der Waals surface area contributed by atoms with E-state index >= 15 is 0 Å². The molecule has 7 nitrogen and oxygen atoms in total. The minimum atomic E-state index is 0.242. The monoisotopic (exact) mass is 447 g/mol. The highest BCUT2D eigenvalue weighted by Gasteiger charge is 2.29. The Kier molecular flexibility index (Phi) is 6.41. The molecule has 4 aromatic rings. The van der Waals surface area contributed by atoms with E-state index in [0.717, 1.165) is 49.1 Å². The first-order valence-electron chi connectivity index (χ1n) is 11.5. The van der Waals surface area contributed by atoms with E-state index in [9.17, 15) is 0 Å². The first-order valence-corrected chi connectivity index (χ1v) is 12.3. The number of tetrazole rings is 1. The Hall–Kier alpha value is -2.84. The van der Waals surface area contributed by atoms with E-state index in [2.05, 4.69) is 80.8 Å². The van der Waals surface area contributed by atoms with Gasteiger partial charge in [-0.1, -0.05) is 73.6 Å². The van der Waals surface area contributed by atoms with Crippen LogP contribution < -0.4 is 4.90 Å². The molecule has 32 heavy (non-hydrogen) atoms. The molecule has 0 spiro atoms. The normalized spacial score (nSPS) is 16.0. The van der Waals surface area contributed by atoms with Gasteiger partial charge in [0.25, 0.3) is 0 Å². The Morgan fingerprint density at radius 3 is 2.53 bits per heavy atom. The van der Waals surface area contributed by atoms with E-state index in [4.69, 9.17) is 4.98 Å². The second-order valence-corrected chi connectivity index (χ2v) is 9.33. The van der Waals surface area contributed by atoms with Crippen molar-refractivity contribution >= 4 is 26.7 Å². The van der Waals surface area contributed by atoms with E-state index in [-0.39, 0.29) is 6.04 Å². The highest BCUT2D eigenvalue weighted by Crippen LogP contribution is 2.31. The largest absolute Gasteiger partial charge is 0.345 e. The van der Waals surface area contributed by atoms with Gasteiger partial charge in [0, 0.05) is 26.2 Å². The molecule has 2 aromatic carbocycles. The van der Waals surface area contributed by atoms with Gasteiger partial charge < -0.3 is 4.90 Å². The number of unbranched alkanes of at least 4 members (excludes halogenated alkanes) is 1. The van der Waals surface area contributed by atoms with Crippen LogP contribution in [0.1, 0.15) is 43.6 Å². The van der Waals surface area contributed by atoms with Crippen molar-refractivity contribution in [2.75, 3.05) is 31.1 Å². The van der Waals surface area contributed by atoms with Crippen molar-refractivity contribution in [3.05, 3.63) is 66.0 Å². The first-order chi connectivity index (χ1) is 15.8. The lowest BCUT2D eigenvalue weighted by Gasteiger charge is -2.38. The van der Waals surface area contributed by atoms with Gasteiger partial charge in [0.2, 0.25) is 0 Å². The fraction of sp³-hybridized carbons (Fsp3) is 0.417. The van der Waals surface area contributed by atoms with Crippen molar-refractivity contribution in [3.8, 4) is 0 Å². The maximum absolute atomic E-state index is 4.86. The fourth-order valence-corrected chi connectivity index (χ4v) is 5.43. The number of anilines is 1. The second-order valence-electron chi connectivity index (χ2n) is 8.33. The Bertz CT molecular complexity index is 1100. The van der Waals surface area contributed by atoms with E-state index < -0.39 is 0 Å². The smallest absolute Gasteiger partial charge is 0.186 e. The molecule has 0 radical (unpaired) electrons. The summed E-state index contributed by atoms with van der Waals surface area (Å²) in [6.07, 6.45) is 3.41. The van der Waals surface area contributed by atoms with Crippen LogP contribution in [0.15, 0.2) is 54.6 Å². The summed E-state index contributed by atoms with van der Waals surface area (Å²) in [6.45, 7) is 6.88. The van der Waals surface area contributed by atoms with Crippen LogP contribution in [0.4, 0.5) is 5.13 Å². The molecular formula is C24H29N7S. The van der Waals surface area contributed by atoms with Crippen molar-refractivity contribution in [3.63, 3.8) is 0 Å². The summed E-state index contributed by atoms with van der Waals surface area (Å²) in [4.78, 5) is 9.84. The summed E-state index contributed by atoms with van der Waals surface area (Å²) < 4.78 is 3.24. The third-order valence-electron chi connectivity index (χ3n) is 6.17. The molecule has 166 valence electrons. The summed E-state index contributed by atoms with van der Waals surface area (Å²) in [6, 6.07) is 19.1. The average molecular weight is 448 g/mol. The van der Waals surface area contributed by atoms with Crippen LogP contribution in [0.3, 0.4) is 0 Å². The molecule has 0 bridgehead atoms. The lowest BCUT2D eigenvalue weighted by molar-refractivity contribution is 0.163. The zero-order chi connectivity index (χ0) is 21.8. The third kappa shape index (κ3) is 4.52. The number of hydrogen-bond acceptors (Lipinski definition) is 7. The van der Waals surface area contributed by atoms with Crippen LogP contribution in [0.5, 0.6) is 0 Å². The fourth-order valence-electron chi connectivity index (χ4n) is 4.41. The molecule has 0 amide bonds. The van der Waals surface area contributed by atoms with Gasteiger partial charge in [-0.15, -0.1) is 5.10 Å². The number of rotatable bonds is 8. The Balaban J connectivity index is 1.31. The van der Waals surface area contributed by atoms with Gasteiger partial charge in [0.15, 0.2) is 11.0 Å². The van der Waals surface area contributed by atoms with Crippen LogP contribution in [0.2, 0.25) is 0 Å². The van der Waals surface area contributed by atoms with E-state index in [1.54, 1.807) is 11.3 Å². The maximum atomic E-state index is 4.86. The number of hydrogen-bond donors (Lipinski definition) is 0. The van der Waals surface area contributed by atoms with Gasteiger partial charge in [-0.3, -0.25) is 4.90 Å². The highest BCUT2D eigenvalue weighted by molar-refractivity contribution is 7.22. The molecule has 1 saturated heterocycles. The molecule has 0 aliphatic carbocycles. The number of para-hydroxylation sites is 1. The Morgan fingerprint density at radius 1 is 0.969 bits per heavy atom. The molecule has 0 N–H and O–H groups in total. The SMILES string of the molecule is CCCCC(c1nnnn1Cc1ccccc1)N1CCN(c2nc3ccccc3s2)CC1. The van der Waals surface area contributed by atoms with Gasteiger partial charge in [-0.2, -0.15) is 0 Å². The molecule has 1 aliphatic rings. The van der Waals surface area contributed by atoms with E-state index in [1.807, 2.05) is 10.7 Å². The summed E-state index contributed by atoms with van der Waals surface area (Å²) in [5.41, 5.74) is 2.31. The van der Waals surface area contributed by atoms with Gasteiger partial charge in [0.1, 0.15) is 0 Å². The van der Waals surface area contributed by atoms with Crippen molar-refractivity contribution in [1.82, 2.24) is 30.1 Å². The maximum Gasteiger partial charge on any atom is 0.186 e. The van der Waals surface area contributed by atoms with Crippen LogP contribution in [0, 0.1) is 0 Å². The van der Waals surface area contributed by atoms with Crippen molar-refractivity contribution in [2.45, 2.75) is 38.8 Å². The van der Waals surface area contributed by atoms with Crippen LogP contribution in [0.25, 0.3) is 10.2 Å². The van der Waals surface area contributed by atoms with Crippen LogP contribution >= 0.6 is 11.3 Å². The summed E-state index contributed by atoms with van der Waals surface area (Å²) in [7, 11) is 0. The van der Waals surface area contributed by atoms with Gasteiger partial charge >= 0.3 is 0 Å². The van der Waals surface area contributed by atoms with Crippen LogP contribution in [-0.2, 0) is 6.54 Å². The summed E-state index contributed by atoms with van der Waals surface area (Å²) in [5, 5.41) is 14.0. The summed E-state index contributed by atoms with van der Waals surface area (Å²) >= 11 is 1.79. The minimum Gasteiger partial charge on any atom is -0.345 e. The molecule has 5 rings (SSSR count). The zero-order valence-electron chi connectivity index (χ0n) is 18.5. The third-order valence-corrected chi connectivity index (χ3v) is 7.27. The molecule has 1 unspecified atom stereocenters. The molecule has 3 heterocycles. The van der Waals surface area contributed by atoms with Crippen molar-refractivity contribution < 1.29 is 0 Å². The predicted octanol–water partition coefficient (Wildman–Crippen LogP) is 4.38. The minimum absolute atomic E-state index is 0.242. The molecule has 2 aromatic heterocycles. The topological polar surface area (TPSA) is 63.0 Å². The number of thiazole rings is 1. The highest BCUT2D eigenvalue weighted by atomic mass is 32.1. The van der Waals surface area contributed by atoms with Gasteiger partial charge in [-0.25, -0.2) is 9.67 Å². The van der Waals surface area contributed by atoms with Gasteiger partial charge in [-0.05, 0) is 34.5 Å². The lowest BCUT2D eigenvalue weighted by Crippen LogP contribution is -2.48. The summed E-state index contributed by atoms with van der Waals surface area (Å²) in [5.74, 6) is 0.982. The molecule has 1 aliphatic heterocycles. The number of nitrogens with zero attached hydrogens (tertiary/aromatic N) is 7. The Labute approximate surface area is 192 Å². The number of fused-ring (bicyclic) bond motifs is 1. The second kappa shape index (κ2) is 9.75. The van der Waals surface area contributed by atoms with Gasteiger partial charge in [0.05, 0.1) is 22.8 Å². The first kappa shape index (κ1) is 21.0. The Morgan fingerprint density at radius 2 is 1.75 bits per heavy atom. The zero-order valence-corrected chi connectivity index (χ0v) is 19.3. The molecule has 1 fully saturated rings. The van der Waals surface area contributed by atoms with Crippen molar-refractivity contribution in [2.24, 2.45) is 0 Å².